The summed E-state index contributed by atoms with van der Waals surface area (Å²) in [5.74, 6) is 0.461. The van der Waals surface area contributed by atoms with Gasteiger partial charge in [0.2, 0.25) is 0 Å². The standard InChI is InChI=1S/C17H17ClN2O2/c1-2-11-22-15-9-7-13(8-10-15)17(21)20-19-12-14-5-3-4-6-16(14)18/h3-10,12H,2,11H2,1H3,(H,20,21). The number of nitrogens with one attached hydrogen (secondary N) is 1. The van der Waals surface area contributed by atoms with Crippen molar-refractivity contribution in [3.8, 4) is 5.75 Å². The molecule has 1 N–H and O–H groups in total. The molecule has 5 heteroatoms. The topological polar surface area (TPSA) is 50.7 Å². The number of rotatable bonds is 6. The number of benzene rings is 2. The lowest BCUT2D eigenvalue weighted by Crippen LogP contribution is -2.17. The minimum Gasteiger partial charge on any atom is -0.494 e. The van der Waals surface area contributed by atoms with Crippen LogP contribution in [0.1, 0.15) is 29.3 Å². The molecule has 0 saturated carbocycles. The maximum absolute atomic E-state index is 11.9. The van der Waals surface area contributed by atoms with E-state index in [1.54, 1.807) is 30.3 Å². The van der Waals surface area contributed by atoms with E-state index < -0.39 is 0 Å². The highest BCUT2D eigenvalue weighted by molar-refractivity contribution is 6.33. The first-order valence-corrected chi connectivity index (χ1v) is 7.39. The number of carbonyl (C=O) groups excluding carboxylic acids is 1. The second kappa shape index (κ2) is 8.20. The zero-order valence-electron chi connectivity index (χ0n) is 12.3. The van der Waals surface area contributed by atoms with Crippen LogP contribution in [0.25, 0.3) is 0 Å². The molecule has 0 aliphatic carbocycles. The first-order chi connectivity index (χ1) is 10.7. The van der Waals surface area contributed by atoms with Gasteiger partial charge in [0.25, 0.3) is 5.91 Å². The Kier molecular flexibility index (Phi) is 5.98. The van der Waals surface area contributed by atoms with Crippen LogP contribution in [-0.4, -0.2) is 18.7 Å². The zero-order chi connectivity index (χ0) is 15.8. The third-order valence-corrected chi connectivity index (χ3v) is 3.21. The van der Waals surface area contributed by atoms with Gasteiger partial charge in [-0.3, -0.25) is 4.79 Å². The van der Waals surface area contributed by atoms with Crippen molar-refractivity contribution in [2.45, 2.75) is 13.3 Å². The van der Waals surface area contributed by atoms with Crippen LogP contribution in [-0.2, 0) is 0 Å². The number of halogens is 1. The van der Waals surface area contributed by atoms with Crippen LogP contribution >= 0.6 is 11.6 Å². The van der Waals surface area contributed by atoms with E-state index in [4.69, 9.17) is 16.3 Å². The van der Waals surface area contributed by atoms with Crippen molar-refractivity contribution in [2.24, 2.45) is 5.10 Å². The smallest absolute Gasteiger partial charge is 0.271 e. The van der Waals surface area contributed by atoms with E-state index in [0.717, 1.165) is 17.7 Å². The molecule has 2 aromatic rings. The quantitative estimate of drug-likeness (QED) is 0.649. The van der Waals surface area contributed by atoms with Crippen molar-refractivity contribution in [3.05, 3.63) is 64.7 Å². The fraction of sp³-hybridized carbons (Fsp3) is 0.176. The molecule has 0 atom stereocenters. The predicted octanol–water partition coefficient (Wildman–Crippen LogP) is 3.89. The average Bonchev–Trinajstić information content (AvgIpc) is 2.55. The zero-order valence-corrected chi connectivity index (χ0v) is 13.0. The number of amides is 1. The third-order valence-electron chi connectivity index (χ3n) is 2.86. The summed E-state index contributed by atoms with van der Waals surface area (Å²) in [7, 11) is 0. The van der Waals surface area contributed by atoms with E-state index in [-0.39, 0.29) is 5.91 Å². The number of hydrazone groups is 1. The van der Waals surface area contributed by atoms with Gasteiger partial charge in [-0.05, 0) is 36.8 Å². The first kappa shape index (κ1) is 16.0. The fourth-order valence-electron chi connectivity index (χ4n) is 1.73. The number of nitrogens with zero attached hydrogens (tertiary/aromatic N) is 1. The molecule has 0 radical (unpaired) electrons. The van der Waals surface area contributed by atoms with Crippen molar-refractivity contribution in [1.29, 1.82) is 0 Å². The fourth-order valence-corrected chi connectivity index (χ4v) is 1.91. The Balaban J connectivity index is 1.93. The molecule has 0 fully saturated rings. The van der Waals surface area contributed by atoms with Crippen LogP contribution in [0.15, 0.2) is 53.6 Å². The maximum Gasteiger partial charge on any atom is 0.271 e. The molecular formula is C17H17ClN2O2. The van der Waals surface area contributed by atoms with Gasteiger partial charge in [-0.2, -0.15) is 5.10 Å². The number of hydrogen-bond acceptors (Lipinski definition) is 3. The van der Waals surface area contributed by atoms with Gasteiger partial charge < -0.3 is 4.74 Å². The largest absolute Gasteiger partial charge is 0.494 e. The molecule has 0 heterocycles. The highest BCUT2D eigenvalue weighted by Gasteiger charge is 2.04. The minimum atomic E-state index is -0.287. The average molecular weight is 317 g/mol. The lowest BCUT2D eigenvalue weighted by Gasteiger charge is -2.05. The predicted molar refractivity (Wildman–Crippen MR) is 88.7 cm³/mol. The Morgan fingerprint density at radius 1 is 1.23 bits per heavy atom. The monoisotopic (exact) mass is 316 g/mol. The molecule has 0 spiro atoms. The van der Waals surface area contributed by atoms with Crippen molar-refractivity contribution in [1.82, 2.24) is 5.43 Å². The van der Waals surface area contributed by atoms with E-state index in [0.29, 0.717) is 17.2 Å². The summed E-state index contributed by atoms with van der Waals surface area (Å²) in [5, 5.41) is 4.49. The van der Waals surface area contributed by atoms with E-state index in [1.807, 2.05) is 25.1 Å². The number of ether oxygens (including phenoxy) is 1. The molecule has 22 heavy (non-hydrogen) atoms. The van der Waals surface area contributed by atoms with Gasteiger partial charge in [-0.1, -0.05) is 36.7 Å². The molecular weight excluding hydrogens is 300 g/mol. The van der Waals surface area contributed by atoms with Crippen LogP contribution in [0, 0.1) is 0 Å². The molecule has 114 valence electrons. The Labute approximate surface area is 134 Å². The highest BCUT2D eigenvalue weighted by atomic mass is 35.5. The number of carbonyl (C=O) groups is 1. The molecule has 0 aromatic heterocycles. The summed E-state index contributed by atoms with van der Waals surface area (Å²) in [6.07, 6.45) is 2.46. The van der Waals surface area contributed by atoms with Crippen molar-refractivity contribution in [3.63, 3.8) is 0 Å². The van der Waals surface area contributed by atoms with Crippen LogP contribution in [0.5, 0.6) is 5.75 Å². The van der Waals surface area contributed by atoms with E-state index in [2.05, 4.69) is 10.5 Å². The maximum atomic E-state index is 11.9. The molecule has 1 amide bonds. The van der Waals surface area contributed by atoms with Crippen LogP contribution in [0.2, 0.25) is 5.02 Å². The highest BCUT2D eigenvalue weighted by Crippen LogP contribution is 2.13. The van der Waals surface area contributed by atoms with Crippen molar-refractivity contribution < 1.29 is 9.53 Å². The summed E-state index contributed by atoms with van der Waals surface area (Å²) in [6, 6.07) is 14.2. The Hall–Kier alpha value is -2.33. The van der Waals surface area contributed by atoms with E-state index >= 15 is 0 Å². The molecule has 2 aromatic carbocycles. The lowest BCUT2D eigenvalue weighted by atomic mass is 10.2. The van der Waals surface area contributed by atoms with Gasteiger partial charge in [-0.15, -0.1) is 0 Å². The summed E-state index contributed by atoms with van der Waals surface area (Å²) >= 11 is 6.00. The molecule has 0 bridgehead atoms. The van der Waals surface area contributed by atoms with Gasteiger partial charge in [0.1, 0.15) is 5.75 Å². The summed E-state index contributed by atoms with van der Waals surface area (Å²) in [6.45, 7) is 2.70. The normalized spacial score (nSPS) is 10.6. The van der Waals surface area contributed by atoms with E-state index in [9.17, 15) is 4.79 Å². The second-order valence-electron chi connectivity index (χ2n) is 4.59. The minimum absolute atomic E-state index is 0.287. The SMILES string of the molecule is CCCOc1ccc(C(=O)NN=Cc2ccccc2Cl)cc1. The molecule has 0 aliphatic rings. The molecule has 0 aliphatic heterocycles. The molecule has 2 rings (SSSR count). The Bertz CT molecular complexity index is 654. The van der Waals surface area contributed by atoms with Gasteiger partial charge in [-0.25, -0.2) is 5.43 Å². The Morgan fingerprint density at radius 3 is 2.64 bits per heavy atom. The van der Waals surface area contributed by atoms with Gasteiger partial charge in [0, 0.05) is 16.1 Å². The third kappa shape index (κ3) is 4.60. The van der Waals surface area contributed by atoms with Crippen molar-refractivity contribution in [2.75, 3.05) is 6.61 Å². The van der Waals surface area contributed by atoms with E-state index in [1.165, 1.54) is 6.21 Å². The number of hydrogen-bond donors (Lipinski definition) is 1. The van der Waals surface area contributed by atoms with Gasteiger partial charge >= 0.3 is 0 Å². The first-order valence-electron chi connectivity index (χ1n) is 7.01. The van der Waals surface area contributed by atoms with Crippen molar-refractivity contribution >= 4 is 23.7 Å². The second-order valence-corrected chi connectivity index (χ2v) is 5.00. The lowest BCUT2D eigenvalue weighted by molar-refractivity contribution is 0.0955. The summed E-state index contributed by atoms with van der Waals surface area (Å²) in [4.78, 5) is 11.9. The van der Waals surface area contributed by atoms with Crippen LogP contribution < -0.4 is 10.2 Å². The molecule has 0 saturated heterocycles. The van der Waals surface area contributed by atoms with Gasteiger partial charge in [0.05, 0.1) is 12.8 Å². The van der Waals surface area contributed by atoms with Crippen LogP contribution in [0.4, 0.5) is 0 Å². The summed E-state index contributed by atoms with van der Waals surface area (Å²) < 4.78 is 5.47. The molecule has 0 unspecified atom stereocenters. The Morgan fingerprint density at radius 2 is 1.95 bits per heavy atom. The molecule has 4 nitrogen and oxygen atoms in total. The van der Waals surface area contributed by atoms with Crippen LogP contribution in [0.3, 0.4) is 0 Å². The van der Waals surface area contributed by atoms with Gasteiger partial charge in [0.15, 0.2) is 0 Å². The summed E-state index contributed by atoms with van der Waals surface area (Å²) in [5.41, 5.74) is 3.73.